The zero-order valence-corrected chi connectivity index (χ0v) is 23.6. The lowest BCUT2D eigenvalue weighted by Crippen LogP contribution is -2.48. The lowest BCUT2D eigenvalue weighted by atomic mass is 10.00. The topological polar surface area (TPSA) is 73.8 Å². The first-order valence-electron chi connectivity index (χ1n) is 14.0. The standard InChI is InChI=1S/C32H41F2N3O3/c1-4-23-8-7-9-24(16-23)21-35-22-31(38)30(19-25-17-27(33)20-28(34)18-25)36-32(39)26-10-12-29(13-11-26)40-15-14-37(5-2)6-3/h7-13,16-18,20,30-31,35,38H,4-6,14-15,19,21-22H2,1-3H3,(H,36,39)/t30-,31-/m0/s1. The second-order valence-corrected chi connectivity index (χ2v) is 9.83. The Morgan fingerprint density at radius 2 is 1.60 bits per heavy atom. The van der Waals surface area contributed by atoms with Gasteiger partial charge in [-0.15, -0.1) is 0 Å². The average molecular weight is 554 g/mol. The summed E-state index contributed by atoms with van der Waals surface area (Å²) >= 11 is 0. The number of aryl methyl sites for hydroxylation is 1. The number of halogens is 2. The van der Waals surface area contributed by atoms with Crippen LogP contribution in [0.1, 0.15) is 47.8 Å². The van der Waals surface area contributed by atoms with E-state index < -0.39 is 29.7 Å². The number of aliphatic hydroxyl groups excluding tert-OH is 1. The first kappa shape index (κ1) is 31.2. The van der Waals surface area contributed by atoms with Crippen molar-refractivity contribution in [3.05, 3.63) is 101 Å². The van der Waals surface area contributed by atoms with Crippen LogP contribution in [0.4, 0.5) is 8.78 Å². The highest BCUT2D eigenvalue weighted by Crippen LogP contribution is 2.15. The van der Waals surface area contributed by atoms with Gasteiger partial charge in [0.1, 0.15) is 24.0 Å². The first-order chi connectivity index (χ1) is 19.3. The first-order valence-corrected chi connectivity index (χ1v) is 14.0. The molecule has 3 aromatic carbocycles. The van der Waals surface area contributed by atoms with Gasteiger partial charge in [0.25, 0.3) is 5.91 Å². The van der Waals surface area contributed by atoms with Crippen LogP contribution in [0.5, 0.6) is 5.75 Å². The molecule has 6 nitrogen and oxygen atoms in total. The van der Waals surface area contributed by atoms with E-state index in [4.69, 9.17) is 4.74 Å². The van der Waals surface area contributed by atoms with Gasteiger partial charge >= 0.3 is 0 Å². The number of hydrogen-bond acceptors (Lipinski definition) is 5. The minimum atomic E-state index is -1.01. The number of ether oxygens (including phenoxy) is 1. The summed E-state index contributed by atoms with van der Waals surface area (Å²) in [4.78, 5) is 15.4. The molecule has 0 fully saturated rings. The van der Waals surface area contributed by atoms with Gasteiger partial charge in [0.2, 0.25) is 0 Å². The molecule has 0 aliphatic heterocycles. The summed E-state index contributed by atoms with van der Waals surface area (Å²) in [5.74, 6) is -1.15. The molecule has 1 amide bonds. The predicted molar refractivity (Wildman–Crippen MR) is 155 cm³/mol. The minimum absolute atomic E-state index is 0.0567. The van der Waals surface area contributed by atoms with Crippen LogP contribution in [0.15, 0.2) is 66.7 Å². The van der Waals surface area contributed by atoms with E-state index in [-0.39, 0.29) is 13.0 Å². The third-order valence-electron chi connectivity index (χ3n) is 6.93. The SMILES string of the molecule is CCc1cccc(CNC[C@H](O)[C@H](Cc2cc(F)cc(F)c2)NC(=O)c2ccc(OCCN(CC)CC)cc2)c1. The summed E-state index contributed by atoms with van der Waals surface area (Å²) in [7, 11) is 0. The molecular weight excluding hydrogens is 512 g/mol. The van der Waals surface area contributed by atoms with Gasteiger partial charge in [0, 0.05) is 31.3 Å². The van der Waals surface area contributed by atoms with Crippen molar-refractivity contribution in [2.24, 2.45) is 0 Å². The molecule has 8 heteroatoms. The van der Waals surface area contributed by atoms with Crippen LogP contribution in [0, 0.1) is 11.6 Å². The van der Waals surface area contributed by atoms with Gasteiger partial charge in [0.15, 0.2) is 0 Å². The highest BCUT2D eigenvalue weighted by molar-refractivity contribution is 5.94. The quantitative estimate of drug-likeness (QED) is 0.239. The van der Waals surface area contributed by atoms with Crippen molar-refractivity contribution >= 4 is 5.91 Å². The van der Waals surface area contributed by atoms with E-state index in [0.717, 1.165) is 37.7 Å². The number of nitrogens with zero attached hydrogens (tertiary/aromatic N) is 1. The number of carbonyl (C=O) groups is 1. The third kappa shape index (κ3) is 10.0. The van der Waals surface area contributed by atoms with Crippen LogP contribution in [-0.4, -0.2) is 60.8 Å². The number of carbonyl (C=O) groups excluding carboxylic acids is 1. The van der Waals surface area contributed by atoms with Gasteiger partial charge in [-0.25, -0.2) is 8.78 Å². The zero-order valence-electron chi connectivity index (χ0n) is 23.6. The maximum atomic E-state index is 13.9. The molecule has 0 aromatic heterocycles. The van der Waals surface area contributed by atoms with Crippen LogP contribution < -0.4 is 15.4 Å². The summed E-state index contributed by atoms with van der Waals surface area (Å²) in [5, 5.41) is 17.1. The van der Waals surface area contributed by atoms with Gasteiger partial charge in [0.05, 0.1) is 12.1 Å². The van der Waals surface area contributed by atoms with Gasteiger partial charge in [-0.1, -0.05) is 45.0 Å². The van der Waals surface area contributed by atoms with Crippen LogP contribution in [0.2, 0.25) is 0 Å². The van der Waals surface area contributed by atoms with Crippen LogP contribution in [0.3, 0.4) is 0 Å². The second-order valence-electron chi connectivity index (χ2n) is 9.83. The molecule has 0 aliphatic rings. The summed E-state index contributed by atoms with van der Waals surface area (Å²) in [6.45, 7) is 10.3. The van der Waals surface area contributed by atoms with Crippen molar-refractivity contribution in [1.29, 1.82) is 0 Å². The fourth-order valence-corrected chi connectivity index (χ4v) is 4.52. The van der Waals surface area contributed by atoms with Crippen LogP contribution in [-0.2, 0) is 19.4 Å². The van der Waals surface area contributed by atoms with Crippen molar-refractivity contribution in [1.82, 2.24) is 15.5 Å². The Balaban J connectivity index is 1.64. The minimum Gasteiger partial charge on any atom is -0.492 e. The maximum Gasteiger partial charge on any atom is 0.251 e. The van der Waals surface area contributed by atoms with E-state index >= 15 is 0 Å². The molecule has 3 rings (SSSR count). The number of likely N-dealkylation sites (N-methyl/N-ethyl adjacent to an activating group) is 1. The van der Waals surface area contributed by atoms with E-state index in [1.165, 1.54) is 17.7 Å². The summed E-state index contributed by atoms with van der Waals surface area (Å²) in [5.41, 5.74) is 3.04. The highest BCUT2D eigenvalue weighted by Gasteiger charge is 2.23. The fraction of sp³-hybridized carbons (Fsp3) is 0.406. The van der Waals surface area contributed by atoms with Crippen molar-refractivity contribution in [2.45, 2.75) is 52.3 Å². The molecule has 0 spiro atoms. The molecule has 3 aromatic rings. The molecule has 216 valence electrons. The Bertz CT molecular complexity index is 1180. The molecule has 40 heavy (non-hydrogen) atoms. The van der Waals surface area contributed by atoms with E-state index in [2.05, 4.69) is 48.4 Å². The molecule has 2 atom stereocenters. The molecule has 0 radical (unpaired) electrons. The molecule has 0 saturated carbocycles. The Labute approximate surface area is 236 Å². The number of nitrogens with one attached hydrogen (secondary N) is 2. The fourth-order valence-electron chi connectivity index (χ4n) is 4.52. The smallest absolute Gasteiger partial charge is 0.251 e. The lowest BCUT2D eigenvalue weighted by molar-refractivity contribution is 0.0829. The highest BCUT2D eigenvalue weighted by atomic mass is 19.1. The molecular formula is C32H41F2N3O3. The van der Waals surface area contributed by atoms with E-state index in [1.807, 2.05) is 12.1 Å². The van der Waals surface area contributed by atoms with Crippen molar-refractivity contribution in [2.75, 3.05) is 32.8 Å². The van der Waals surface area contributed by atoms with Crippen LogP contribution >= 0.6 is 0 Å². The number of benzene rings is 3. The Morgan fingerprint density at radius 3 is 2.25 bits per heavy atom. The number of aliphatic hydroxyl groups is 1. The van der Waals surface area contributed by atoms with Crippen molar-refractivity contribution in [3.8, 4) is 5.75 Å². The van der Waals surface area contributed by atoms with E-state index in [9.17, 15) is 18.7 Å². The van der Waals surface area contributed by atoms with Crippen molar-refractivity contribution in [3.63, 3.8) is 0 Å². The zero-order chi connectivity index (χ0) is 28.9. The lowest BCUT2D eigenvalue weighted by Gasteiger charge is -2.25. The summed E-state index contributed by atoms with van der Waals surface area (Å²) in [6, 6.07) is 17.4. The van der Waals surface area contributed by atoms with E-state index in [0.29, 0.717) is 30.0 Å². The number of rotatable bonds is 16. The summed E-state index contributed by atoms with van der Waals surface area (Å²) in [6.07, 6.45) is -0.0217. The largest absolute Gasteiger partial charge is 0.492 e. The van der Waals surface area contributed by atoms with Gasteiger partial charge < -0.3 is 25.4 Å². The molecule has 0 unspecified atom stereocenters. The molecule has 0 saturated heterocycles. The predicted octanol–water partition coefficient (Wildman–Crippen LogP) is 4.74. The Morgan fingerprint density at radius 1 is 0.925 bits per heavy atom. The second kappa shape index (κ2) is 16.1. The normalized spacial score (nSPS) is 12.8. The number of amides is 1. The van der Waals surface area contributed by atoms with Gasteiger partial charge in [-0.05, 0) is 79.0 Å². The third-order valence-corrected chi connectivity index (χ3v) is 6.93. The number of hydrogen-bond donors (Lipinski definition) is 3. The van der Waals surface area contributed by atoms with Gasteiger partial charge in [-0.3, -0.25) is 4.79 Å². The summed E-state index contributed by atoms with van der Waals surface area (Å²) < 4.78 is 33.5. The molecule has 0 heterocycles. The Kier molecular flexibility index (Phi) is 12.5. The maximum absolute atomic E-state index is 13.9. The Hall–Kier alpha value is -3.33. The average Bonchev–Trinajstić information content (AvgIpc) is 2.95. The monoisotopic (exact) mass is 553 g/mol. The molecule has 0 aliphatic carbocycles. The van der Waals surface area contributed by atoms with E-state index in [1.54, 1.807) is 24.3 Å². The van der Waals surface area contributed by atoms with Gasteiger partial charge in [-0.2, -0.15) is 0 Å². The van der Waals surface area contributed by atoms with Crippen LogP contribution in [0.25, 0.3) is 0 Å². The van der Waals surface area contributed by atoms with Crippen molar-refractivity contribution < 1.29 is 23.4 Å². The molecule has 3 N–H and O–H groups in total. The molecule has 0 bridgehead atoms.